The van der Waals surface area contributed by atoms with Crippen LogP contribution in [0.1, 0.15) is 63.0 Å². The zero-order chi connectivity index (χ0) is 22.0. The summed E-state index contributed by atoms with van der Waals surface area (Å²) in [6.07, 6.45) is 5.90. The highest BCUT2D eigenvalue weighted by Crippen LogP contribution is 2.65. The van der Waals surface area contributed by atoms with Crippen LogP contribution in [0.15, 0.2) is 12.1 Å². The first-order valence-corrected chi connectivity index (χ1v) is 11.7. The van der Waals surface area contributed by atoms with Crippen molar-refractivity contribution in [1.82, 2.24) is 4.90 Å². The standard InChI is InChI=1S/C21H27NO4.C3H6O2/c23-14-5-4-13-10-16-21(25)7-6-15(24)19-20(21,17(13)18(14)26-19)8-9-22(16)11-12-2-1-3-12;1-2-3(4)5/h4-5,12,15-16,19,23-25H,1-3,6-11H2;2H2,1H3,(H,4,5)/t15-,16+,19-,20-,21+;/m0./s1. The smallest absolute Gasteiger partial charge is 0.303 e. The molecule has 1 aromatic rings. The average molecular weight is 432 g/mol. The second-order valence-electron chi connectivity index (χ2n) is 10.00. The van der Waals surface area contributed by atoms with Crippen molar-refractivity contribution in [2.24, 2.45) is 5.92 Å². The lowest BCUT2D eigenvalue weighted by Gasteiger charge is -2.64. The molecular formula is C24H33NO6. The summed E-state index contributed by atoms with van der Waals surface area (Å²) in [5.74, 6) is 0.675. The molecule has 1 aromatic carbocycles. The number of aliphatic hydroxyl groups excluding tert-OH is 1. The maximum atomic E-state index is 12.1. The molecule has 0 amide bonds. The normalized spacial score (nSPS) is 37.7. The number of hydrogen-bond donors (Lipinski definition) is 4. The SMILES string of the molecule is CCC(=O)O.Oc1ccc2c3c1O[C@H]1[C@@H](O)CC[C@@]4(O)[C@@H](C2)N(CC2CCC2)CC[C@]314. The van der Waals surface area contributed by atoms with Crippen LogP contribution in [0, 0.1) is 5.92 Å². The first-order valence-electron chi connectivity index (χ1n) is 11.7. The van der Waals surface area contributed by atoms with Crippen molar-refractivity contribution >= 4 is 5.97 Å². The van der Waals surface area contributed by atoms with Gasteiger partial charge in [0.2, 0.25) is 0 Å². The fraction of sp³-hybridized carbons (Fsp3) is 0.708. The monoisotopic (exact) mass is 431 g/mol. The number of carbonyl (C=O) groups is 1. The molecule has 7 nitrogen and oxygen atoms in total. The van der Waals surface area contributed by atoms with Crippen molar-refractivity contribution in [2.75, 3.05) is 13.1 Å². The molecule has 3 fully saturated rings. The number of rotatable bonds is 3. The zero-order valence-electron chi connectivity index (χ0n) is 18.1. The summed E-state index contributed by atoms with van der Waals surface area (Å²) in [6.45, 7) is 3.62. The summed E-state index contributed by atoms with van der Waals surface area (Å²) in [6, 6.07) is 3.80. The Hall–Kier alpha value is -1.83. The van der Waals surface area contributed by atoms with E-state index in [1.807, 2.05) is 6.07 Å². The first kappa shape index (κ1) is 21.0. The summed E-state index contributed by atoms with van der Waals surface area (Å²) in [5.41, 5.74) is 0.712. The third kappa shape index (κ3) is 2.86. The lowest BCUT2D eigenvalue weighted by atomic mass is 9.48. The molecule has 2 bridgehead atoms. The van der Waals surface area contributed by atoms with Gasteiger partial charge in [0.05, 0.1) is 17.1 Å². The average Bonchev–Trinajstić information content (AvgIpc) is 3.07. The van der Waals surface area contributed by atoms with E-state index < -0.39 is 29.2 Å². The molecule has 0 unspecified atom stereocenters. The van der Waals surface area contributed by atoms with E-state index in [9.17, 15) is 20.1 Å². The molecule has 2 saturated carbocycles. The number of likely N-dealkylation sites (tertiary alicyclic amines) is 1. The van der Waals surface area contributed by atoms with Crippen molar-refractivity contribution in [3.63, 3.8) is 0 Å². The number of aromatic hydroxyl groups is 1. The van der Waals surface area contributed by atoms with E-state index in [4.69, 9.17) is 9.84 Å². The van der Waals surface area contributed by atoms with E-state index in [1.54, 1.807) is 13.0 Å². The van der Waals surface area contributed by atoms with E-state index in [-0.39, 0.29) is 18.2 Å². The molecule has 0 radical (unpaired) electrons. The van der Waals surface area contributed by atoms with Crippen molar-refractivity contribution in [2.45, 2.75) is 87.6 Å². The highest BCUT2D eigenvalue weighted by Gasteiger charge is 2.72. The topological polar surface area (TPSA) is 110 Å². The van der Waals surface area contributed by atoms with Gasteiger partial charge in [0.1, 0.15) is 6.10 Å². The Morgan fingerprint density at radius 1 is 1.26 bits per heavy atom. The number of hydrogen-bond acceptors (Lipinski definition) is 6. The Balaban J connectivity index is 0.000000371. The number of carboxylic acids is 1. The van der Waals surface area contributed by atoms with Crippen LogP contribution in [0.25, 0.3) is 0 Å². The predicted octanol–water partition coefficient (Wildman–Crippen LogP) is 2.19. The summed E-state index contributed by atoms with van der Waals surface area (Å²) in [7, 11) is 0. The van der Waals surface area contributed by atoms with Crippen LogP contribution in [0.3, 0.4) is 0 Å². The number of phenols is 1. The minimum atomic E-state index is -0.884. The lowest BCUT2D eigenvalue weighted by molar-refractivity contribution is -0.209. The molecule has 3 aliphatic carbocycles. The minimum absolute atomic E-state index is 0.0819. The molecule has 6 rings (SSSR count). The molecule has 4 N–H and O–H groups in total. The van der Waals surface area contributed by atoms with Gasteiger partial charge in [-0.05, 0) is 62.6 Å². The summed E-state index contributed by atoms with van der Waals surface area (Å²) >= 11 is 0. The minimum Gasteiger partial charge on any atom is -0.504 e. The maximum Gasteiger partial charge on any atom is 0.303 e. The lowest BCUT2D eigenvalue weighted by Crippen LogP contribution is -2.77. The fourth-order valence-corrected chi connectivity index (χ4v) is 6.83. The van der Waals surface area contributed by atoms with Crippen LogP contribution in [0.5, 0.6) is 11.5 Å². The number of benzene rings is 1. The van der Waals surface area contributed by atoms with Gasteiger partial charge in [0.15, 0.2) is 11.5 Å². The Bertz CT molecular complexity index is 885. The van der Waals surface area contributed by atoms with Gasteiger partial charge in [-0.25, -0.2) is 0 Å². The second kappa shape index (κ2) is 7.36. The summed E-state index contributed by atoms with van der Waals surface area (Å²) in [5, 5.41) is 40.9. The molecule has 0 aromatic heterocycles. The van der Waals surface area contributed by atoms with Crippen molar-refractivity contribution in [3.8, 4) is 11.5 Å². The van der Waals surface area contributed by atoms with Gasteiger partial charge >= 0.3 is 5.97 Å². The second-order valence-corrected chi connectivity index (χ2v) is 10.00. The molecular weight excluding hydrogens is 398 g/mol. The largest absolute Gasteiger partial charge is 0.504 e. The molecule has 170 valence electrons. The fourth-order valence-electron chi connectivity index (χ4n) is 6.83. The Morgan fingerprint density at radius 2 is 2.00 bits per heavy atom. The Morgan fingerprint density at radius 3 is 2.65 bits per heavy atom. The van der Waals surface area contributed by atoms with Gasteiger partial charge in [-0.2, -0.15) is 0 Å². The van der Waals surface area contributed by atoms with Gasteiger partial charge in [0, 0.05) is 24.6 Å². The number of carboxylic acid groups (broad SMARTS) is 1. The molecule has 5 aliphatic rings. The van der Waals surface area contributed by atoms with Gasteiger partial charge in [0.25, 0.3) is 0 Å². The molecule has 2 aliphatic heterocycles. The van der Waals surface area contributed by atoms with Crippen LogP contribution >= 0.6 is 0 Å². The number of piperidine rings is 1. The van der Waals surface area contributed by atoms with Crippen molar-refractivity contribution < 1.29 is 30.0 Å². The maximum absolute atomic E-state index is 12.1. The van der Waals surface area contributed by atoms with E-state index in [2.05, 4.69) is 4.90 Å². The highest BCUT2D eigenvalue weighted by molar-refractivity contribution is 5.66. The van der Waals surface area contributed by atoms with E-state index in [0.717, 1.165) is 37.4 Å². The number of aliphatic hydroxyl groups is 2. The number of ether oxygens (including phenoxy) is 1. The van der Waals surface area contributed by atoms with Crippen molar-refractivity contribution in [1.29, 1.82) is 0 Å². The number of aliphatic carboxylic acids is 1. The van der Waals surface area contributed by atoms with Gasteiger partial charge in [-0.1, -0.05) is 19.4 Å². The van der Waals surface area contributed by atoms with E-state index in [1.165, 1.54) is 24.8 Å². The molecule has 1 saturated heterocycles. The molecule has 31 heavy (non-hydrogen) atoms. The van der Waals surface area contributed by atoms with Crippen molar-refractivity contribution in [3.05, 3.63) is 23.3 Å². The van der Waals surface area contributed by atoms with Crippen LogP contribution in [0.2, 0.25) is 0 Å². The van der Waals surface area contributed by atoms with Crippen LogP contribution < -0.4 is 4.74 Å². The Kier molecular flexibility index (Phi) is 4.99. The van der Waals surface area contributed by atoms with Crippen LogP contribution in [-0.4, -0.2) is 68.2 Å². The predicted molar refractivity (Wildman–Crippen MR) is 113 cm³/mol. The van der Waals surface area contributed by atoms with Gasteiger partial charge in [-0.3, -0.25) is 9.69 Å². The van der Waals surface area contributed by atoms with Gasteiger partial charge < -0.3 is 25.2 Å². The first-order chi connectivity index (χ1) is 14.8. The quantitative estimate of drug-likeness (QED) is 0.581. The van der Waals surface area contributed by atoms with Gasteiger partial charge in [-0.15, -0.1) is 0 Å². The summed E-state index contributed by atoms with van der Waals surface area (Å²) < 4.78 is 6.16. The molecule has 5 atom stereocenters. The number of phenolic OH excluding ortho intramolecular Hbond substituents is 1. The molecule has 7 heteroatoms. The third-order valence-corrected chi connectivity index (χ3v) is 8.56. The highest BCUT2D eigenvalue weighted by atomic mass is 16.5. The third-order valence-electron chi connectivity index (χ3n) is 8.56. The van der Waals surface area contributed by atoms with Crippen LogP contribution in [-0.2, 0) is 16.6 Å². The number of nitrogens with zero attached hydrogens (tertiary/aromatic N) is 1. The van der Waals surface area contributed by atoms with Crippen LogP contribution in [0.4, 0.5) is 0 Å². The van der Waals surface area contributed by atoms with E-state index >= 15 is 0 Å². The zero-order valence-corrected chi connectivity index (χ0v) is 18.1. The Labute approximate surface area is 182 Å². The molecule has 2 heterocycles. The molecule has 1 spiro atoms. The van der Waals surface area contributed by atoms with E-state index in [0.29, 0.717) is 18.6 Å². The summed E-state index contributed by atoms with van der Waals surface area (Å²) in [4.78, 5) is 11.9.